The van der Waals surface area contributed by atoms with Gasteiger partial charge in [0.25, 0.3) is 5.56 Å². The second-order valence-electron chi connectivity index (χ2n) is 4.39. The molecule has 0 aliphatic rings. The number of anilines is 1. The SMILES string of the molecule is CCc1c(O)cc(=O)[nH]c1-c1cnc(N(C)C)nc1. The first-order valence-corrected chi connectivity index (χ1v) is 5.97. The molecule has 6 nitrogen and oxygen atoms in total. The lowest BCUT2D eigenvalue weighted by molar-refractivity contribution is 0.467. The van der Waals surface area contributed by atoms with Gasteiger partial charge in [-0.15, -0.1) is 0 Å². The first-order valence-electron chi connectivity index (χ1n) is 5.97. The van der Waals surface area contributed by atoms with Crippen molar-refractivity contribution in [1.29, 1.82) is 0 Å². The summed E-state index contributed by atoms with van der Waals surface area (Å²) in [5.74, 6) is 0.585. The highest BCUT2D eigenvalue weighted by Gasteiger charge is 2.11. The number of aromatic hydroxyl groups is 1. The van der Waals surface area contributed by atoms with Gasteiger partial charge in [-0.2, -0.15) is 0 Å². The van der Waals surface area contributed by atoms with E-state index in [0.29, 0.717) is 29.2 Å². The molecule has 0 aliphatic carbocycles. The minimum absolute atomic E-state index is 0.00191. The van der Waals surface area contributed by atoms with E-state index in [2.05, 4.69) is 15.0 Å². The van der Waals surface area contributed by atoms with E-state index in [9.17, 15) is 9.90 Å². The van der Waals surface area contributed by atoms with E-state index in [4.69, 9.17) is 0 Å². The Hall–Kier alpha value is -2.37. The molecule has 0 fully saturated rings. The monoisotopic (exact) mass is 260 g/mol. The van der Waals surface area contributed by atoms with Crippen molar-refractivity contribution in [1.82, 2.24) is 15.0 Å². The van der Waals surface area contributed by atoms with Gasteiger partial charge in [-0.25, -0.2) is 9.97 Å². The summed E-state index contributed by atoms with van der Waals surface area (Å²) in [6.45, 7) is 1.91. The fraction of sp³-hybridized carbons (Fsp3) is 0.308. The predicted molar refractivity (Wildman–Crippen MR) is 73.5 cm³/mol. The lowest BCUT2D eigenvalue weighted by Gasteiger charge is -2.12. The van der Waals surface area contributed by atoms with Crippen molar-refractivity contribution in [2.75, 3.05) is 19.0 Å². The quantitative estimate of drug-likeness (QED) is 0.865. The Morgan fingerprint density at radius 1 is 1.32 bits per heavy atom. The molecule has 2 N–H and O–H groups in total. The molecule has 0 saturated heterocycles. The molecule has 0 radical (unpaired) electrons. The lowest BCUT2D eigenvalue weighted by atomic mass is 10.1. The minimum Gasteiger partial charge on any atom is -0.507 e. The number of hydrogen-bond donors (Lipinski definition) is 2. The fourth-order valence-electron chi connectivity index (χ4n) is 1.86. The fourth-order valence-corrected chi connectivity index (χ4v) is 1.86. The van der Waals surface area contributed by atoms with E-state index in [1.54, 1.807) is 17.3 Å². The normalized spacial score (nSPS) is 10.5. The topological polar surface area (TPSA) is 82.1 Å². The van der Waals surface area contributed by atoms with Gasteiger partial charge in [0, 0.05) is 43.7 Å². The number of aromatic amines is 1. The molecule has 0 bridgehead atoms. The highest BCUT2D eigenvalue weighted by atomic mass is 16.3. The number of pyridine rings is 1. The molecule has 100 valence electrons. The van der Waals surface area contributed by atoms with Crippen LogP contribution in [0, 0.1) is 0 Å². The minimum atomic E-state index is -0.346. The van der Waals surface area contributed by atoms with E-state index < -0.39 is 0 Å². The molecule has 0 amide bonds. The molecule has 19 heavy (non-hydrogen) atoms. The Balaban J connectivity index is 2.55. The number of aromatic nitrogens is 3. The van der Waals surface area contributed by atoms with Crippen LogP contribution in [0.1, 0.15) is 12.5 Å². The van der Waals surface area contributed by atoms with Gasteiger partial charge >= 0.3 is 0 Å². The van der Waals surface area contributed by atoms with Crippen molar-refractivity contribution < 1.29 is 5.11 Å². The maximum absolute atomic E-state index is 11.5. The van der Waals surface area contributed by atoms with Crippen LogP contribution in [0.4, 0.5) is 5.95 Å². The molecule has 2 rings (SSSR count). The lowest BCUT2D eigenvalue weighted by Crippen LogP contribution is -2.13. The van der Waals surface area contributed by atoms with E-state index >= 15 is 0 Å². The summed E-state index contributed by atoms with van der Waals surface area (Å²) >= 11 is 0. The molecule has 0 saturated carbocycles. The summed E-state index contributed by atoms with van der Waals surface area (Å²) in [7, 11) is 3.70. The first-order chi connectivity index (χ1) is 9.02. The van der Waals surface area contributed by atoms with Crippen molar-refractivity contribution in [2.24, 2.45) is 0 Å². The van der Waals surface area contributed by atoms with Crippen LogP contribution in [0.25, 0.3) is 11.3 Å². The standard InChI is InChI=1S/C13H16N4O2/c1-4-9-10(18)5-11(19)16-12(9)8-6-14-13(15-7-8)17(2)3/h5-7H,4H2,1-3H3,(H2,16,18,19). The van der Waals surface area contributed by atoms with Crippen molar-refractivity contribution in [3.05, 3.63) is 34.4 Å². The number of nitrogens with one attached hydrogen (secondary N) is 1. The van der Waals surface area contributed by atoms with Gasteiger partial charge in [-0.1, -0.05) is 6.92 Å². The number of rotatable bonds is 3. The van der Waals surface area contributed by atoms with Crippen LogP contribution in [-0.4, -0.2) is 34.2 Å². The van der Waals surface area contributed by atoms with Gasteiger partial charge in [0.2, 0.25) is 5.95 Å². The summed E-state index contributed by atoms with van der Waals surface area (Å²) in [5.41, 5.74) is 1.58. The highest BCUT2D eigenvalue weighted by molar-refractivity contribution is 5.64. The van der Waals surface area contributed by atoms with Crippen LogP contribution >= 0.6 is 0 Å². The third kappa shape index (κ3) is 2.57. The van der Waals surface area contributed by atoms with Crippen molar-refractivity contribution in [2.45, 2.75) is 13.3 Å². The molecular formula is C13H16N4O2. The largest absolute Gasteiger partial charge is 0.507 e. The summed E-state index contributed by atoms with van der Waals surface area (Å²) in [5, 5.41) is 9.81. The molecule has 0 spiro atoms. The van der Waals surface area contributed by atoms with E-state index in [-0.39, 0.29) is 11.3 Å². The van der Waals surface area contributed by atoms with Crippen LogP contribution in [-0.2, 0) is 6.42 Å². The van der Waals surface area contributed by atoms with Gasteiger partial charge in [-0.3, -0.25) is 4.79 Å². The van der Waals surface area contributed by atoms with Gasteiger partial charge < -0.3 is 15.0 Å². The Morgan fingerprint density at radius 2 is 1.95 bits per heavy atom. The zero-order chi connectivity index (χ0) is 14.0. The Bertz CT molecular complexity index is 632. The summed E-state index contributed by atoms with van der Waals surface area (Å²) in [4.78, 5) is 24.4. The molecule has 0 aromatic carbocycles. The van der Waals surface area contributed by atoms with Crippen molar-refractivity contribution >= 4 is 5.95 Å². The molecule has 2 heterocycles. The smallest absolute Gasteiger partial charge is 0.252 e. The number of nitrogens with zero attached hydrogens (tertiary/aromatic N) is 3. The molecule has 0 unspecified atom stereocenters. The van der Waals surface area contributed by atoms with Crippen LogP contribution in [0.5, 0.6) is 5.75 Å². The summed E-state index contributed by atoms with van der Waals surface area (Å²) in [6.07, 6.45) is 3.87. The van der Waals surface area contributed by atoms with Gasteiger partial charge in [-0.05, 0) is 6.42 Å². The molecular weight excluding hydrogens is 244 g/mol. The maximum Gasteiger partial charge on any atom is 0.252 e. The zero-order valence-corrected chi connectivity index (χ0v) is 11.1. The van der Waals surface area contributed by atoms with Gasteiger partial charge in [0.15, 0.2) is 0 Å². The summed E-state index contributed by atoms with van der Waals surface area (Å²) < 4.78 is 0. The third-order valence-electron chi connectivity index (χ3n) is 2.81. The number of H-pyrrole nitrogens is 1. The van der Waals surface area contributed by atoms with Crippen molar-refractivity contribution in [3.63, 3.8) is 0 Å². The molecule has 6 heteroatoms. The van der Waals surface area contributed by atoms with Gasteiger partial charge in [0.1, 0.15) is 5.75 Å². The first kappa shape index (κ1) is 13.1. The van der Waals surface area contributed by atoms with E-state index in [0.717, 1.165) is 0 Å². The average Bonchev–Trinajstić information content (AvgIpc) is 2.38. The zero-order valence-electron chi connectivity index (χ0n) is 11.1. The number of hydrogen-bond acceptors (Lipinski definition) is 5. The van der Waals surface area contributed by atoms with Crippen LogP contribution in [0.2, 0.25) is 0 Å². The predicted octanol–water partition coefficient (Wildman–Crippen LogP) is 1.17. The second kappa shape index (κ2) is 5.09. The third-order valence-corrected chi connectivity index (χ3v) is 2.81. The van der Waals surface area contributed by atoms with Crippen LogP contribution < -0.4 is 10.5 Å². The average molecular weight is 260 g/mol. The molecule has 2 aromatic heterocycles. The van der Waals surface area contributed by atoms with Crippen molar-refractivity contribution in [3.8, 4) is 17.0 Å². The molecule has 2 aromatic rings. The highest BCUT2D eigenvalue weighted by Crippen LogP contribution is 2.26. The maximum atomic E-state index is 11.5. The summed E-state index contributed by atoms with van der Waals surface area (Å²) in [6, 6.07) is 1.18. The second-order valence-corrected chi connectivity index (χ2v) is 4.39. The van der Waals surface area contributed by atoms with Gasteiger partial charge in [0.05, 0.1) is 5.69 Å². The Labute approximate surface area is 110 Å². The Morgan fingerprint density at radius 3 is 2.47 bits per heavy atom. The Kier molecular flexibility index (Phi) is 3.50. The van der Waals surface area contributed by atoms with E-state index in [1.807, 2.05) is 21.0 Å². The van der Waals surface area contributed by atoms with Crippen LogP contribution in [0.3, 0.4) is 0 Å². The molecule has 0 aliphatic heterocycles. The van der Waals surface area contributed by atoms with E-state index in [1.165, 1.54) is 6.07 Å². The van der Waals surface area contributed by atoms with Crippen LogP contribution in [0.15, 0.2) is 23.3 Å². The molecule has 0 atom stereocenters.